The van der Waals surface area contributed by atoms with Crippen molar-refractivity contribution < 1.29 is 9.53 Å². The van der Waals surface area contributed by atoms with Crippen LogP contribution >= 0.6 is 34.2 Å². The third kappa shape index (κ3) is 3.09. The molecule has 0 aromatic heterocycles. The first-order chi connectivity index (χ1) is 7.60. The molecule has 0 atom stereocenters. The largest absolute Gasteiger partial charge is 0.466 e. The average molecular weight is 350 g/mol. The Morgan fingerprint density at radius 2 is 2.31 bits per heavy atom. The maximum Gasteiger partial charge on any atom is 0.310 e. The van der Waals surface area contributed by atoms with Crippen LogP contribution in [0.5, 0.6) is 0 Å². The number of hydrogen-bond acceptors (Lipinski definition) is 3. The summed E-state index contributed by atoms with van der Waals surface area (Å²) in [5.41, 5.74) is 1.09. The minimum absolute atomic E-state index is 0.101. The summed E-state index contributed by atoms with van der Waals surface area (Å²) in [4.78, 5) is 11.3. The summed E-state index contributed by atoms with van der Waals surface area (Å²) in [7, 11) is 0. The lowest BCUT2D eigenvalue weighted by Crippen LogP contribution is -2.09. The lowest BCUT2D eigenvalue weighted by atomic mass is 10.1. The Labute approximate surface area is 112 Å². The highest BCUT2D eigenvalue weighted by Gasteiger charge is 2.13. The van der Waals surface area contributed by atoms with Crippen molar-refractivity contribution in [3.8, 4) is 6.07 Å². The molecule has 0 aliphatic carbocycles. The summed E-state index contributed by atoms with van der Waals surface area (Å²) in [6.45, 7) is 2.08. The predicted molar refractivity (Wildman–Crippen MR) is 69.2 cm³/mol. The monoisotopic (exact) mass is 349 g/mol. The number of hydrogen-bond donors (Lipinski definition) is 0. The molecule has 0 fully saturated rings. The molecule has 1 rings (SSSR count). The van der Waals surface area contributed by atoms with Gasteiger partial charge in [-0.25, -0.2) is 0 Å². The Balaban J connectivity index is 3.02. The van der Waals surface area contributed by atoms with E-state index in [1.807, 2.05) is 22.6 Å². The van der Waals surface area contributed by atoms with Crippen LogP contribution < -0.4 is 0 Å². The van der Waals surface area contributed by atoms with Crippen molar-refractivity contribution in [3.63, 3.8) is 0 Å². The molecule has 0 N–H and O–H groups in total. The maximum atomic E-state index is 11.3. The number of carbonyl (C=O) groups is 1. The molecule has 0 radical (unpaired) electrons. The molecule has 0 aliphatic rings. The molecule has 1 aromatic carbocycles. The highest BCUT2D eigenvalue weighted by molar-refractivity contribution is 14.1. The van der Waals surface area contributed by atoms with Gasteiger partial charge >= 0.3 is 5.97 Å². The summed E-state index contributed by atoms with van der Waals surface area (Å²) in [5.74, 6) is -0.336. The van der Waals surface area contributed by atoms with E-state index in [4.69, 9.17) is 21.6 Å². The molecule has 0 heterocycles. The molecule has 0 aliphatic heterocycles. The molecule has 1 aromatic rings. The fourth-order valence-electron chi connectivity index (χ4n) is 1.23. The summed E-state index contributed by atoms with van der Waals surface area (Å²) in [6, 6.07) is 5.41. The van der Waals surface area contributed by atoms with Gasteiger partial charge < -0.3 is 4.74 Å². The zero-order valence-electron chi connectivity index (χ0n) is 8.59. The van der Waals surface area contributed by atoms with Gasteiger partial charge in [-0.05, 0) is 41.1 Å². The smallest absolute Gasteiger partial charge is 0.310 e. The average Bonchev–Trinajstić information content (AvgIpc) is 2.24. The van der Waals surface area contributed by atoms with Crippen LogP contribution in [-0.4, -0.2) is 12.6 Å². The van der Waals surface area contributed by atoms with Crippen LogP contribution in [-0.2, 0) is 16.0 Å². The number of nitriles is 1. The second kappa shape index (κ2) is 6.06. The first kappa shape index (κ1) is 13.3. The Morgan fingerprint density at radius 1 is 1.62 bits per heavy atom. The van der Waals surface area contributed by atoms with Crippen LogP contribution in [0, 0.1) is 14.9 Å². The van der Waals surface area contributed by atoms with E-state index in [1.165, 1.54) is 0 Å². The third-order valence-electron chi connectivity index (χ3n) is 1.93. The highest BCUT2D eigenvalue weighted by atomic mass is 127. The number of nitrogens with zero attached hydrogens (tertiary/aromatic N) is 1. The fourth-order valence-corrected chi connectivity index (χ4v) is 2.03. The van der Waals surface area contributed by atoms with Crippen LogP contribution in [0.25, 0.3) is 0 Å². The molecular formula is C11H9ClINO2. The highest BCUT2D eigenvalue weighted by Crippen LogP contribution is 2.25. The predicted octanol–water partition coefficient (Wildman–Crippen LogP) is 2.92. The Kier molecular flexibility index (Phi) is 5.03. The van der Waals surface area contributed by atoms with E-state index >= 15 is 0 Å². The van der Waals surface area contributed by atoms with E-state index in [9.17, 15) is 4.79 Å². The molecule has 5 heteroatoms. The Morgan fingerprint density at radius 3 is 2.88 bits per heavy atom. The lowest BCUT2D eigenvalue weighted by Gasteiger charge is -2.06. The Hall–Kier alpha value is -0.800. The van der Waals surface area contributed by atoms with Gasteiger partial charge in [0.15, 0.2) is 0 Å². The number of ether oxygens (including phenoxy) is 1. The Bertz CT molecular complexity index is 454. The number of carbonyl (C=O) groups excluding carboxylic acids is 1. The molecule has 0 spiro atoms. The van der Waals surface area contributed by atoms with Crippen molar-refractivity contribution in [3.05, 3.63) is 31.9 Å². The molecule has 0 unspecified atom stereocenters. The maximum absolute atomic E-state index is 11.3. The zero-order valence-corrected chi connectivity index (χ0v) is 11.5. The second-order valence-corrected chi connectivity index (χ2v) is 4.48. The van der Waals surface area contributed by atoms with E-state index in [1.54, 1.807) is 19.1 Å². The van der Waals surface area contributed by atoms with E-state index in [2.05, 4.69) is 6.07 Å². The second-order valence-electron chi connectivity index (χ2n) is 2.99. The minimum atomic E-state index is -0.336. The van der Waals surface area contributed by atoms with Gasteiger partial charge in [0.2, 0.25) is 0 Å². The van der Waals surface area contributed by atoms with Gasteiger partial charge in [0.25, 0.3) is 0 Å². The van der Waals surface area contributed by atoms with E-state index in [0.717, 1.165) is 0 Å². The zero-order chi connectivity index (χ0) is 12.1. The molecule has 84 valence electrons. The normalized spacial score (nSPS) is 9.62. The van der Waals surface area contributed by atoms with Crippen molar-refractivity contribution in [2.45, 2.75) is 13.3 Å². The van der Waals surface area contributed by atoms with Crippen molar-refractivity contribution >= 4 is 40.2 Å². The number of rotatable bonds is 3. The van der Waals surface area contributed by atoms with Crippen molar-refractivity contribution in [2.24, 2.45) is 0 Å². The molecule has 0 bridgehead atoms. The van der Waals surface area contributed by atoms with Crippen LogP contribution in [0.15, 0.2) is 12.1 Å². The fraction of sp³-hybridized carbons (Fsp3) is 0.273. The SMILES string of the molecule is CCOC(=O)Cc1ccc(Cl)c(I)c1C#N. The van der Waals surface area contributed by atoms with Crippen LogP contribution in [0.2, 0.25) is 5.02 Å². The van der Waals surface area contributed by atoms with Crippen molar-refractivity contribution in [2.75, 3.05) is 6.61 Å². The van der Waals surface area contributed by atoms with Gasteiger partial charge in [0, 0.05) is 3.57 Å². The van der Waals surface area contributed by atoms with Crippen LogP contribution in [0.1, 0.15) is 18.1 Å². The molecule has 3 nitrogen and oxygen atoms in total. The van der Waals surface area contributed by atoms with Gasteiger partial charge in [-0.2, -0.15) is 5.26 Å². The lowest BCUT2D eigenvalue weighted by molar-refractivity contribution is -0.142. The minimum Gasteiger partial charge on any atom is -0.466 e. The van der Waals surface area contributed by atoms with Crippen LogP contribution in [0.4, 0.5) is 0 Å². The van der Waals surface area contributed by atoms with Gasteiger partial charge in [-0.15, -0.1) is 0 Å². The van der Waals surface area contributed by atoms with Gasteiger partial charge in [0.05, 0.1) is 23.6 Å². The van der Waals surface area contributed by atoms with Crippen molar-refractivity contribution in [1.29, 1.82) is 5.26 Å². The van der Waals surface area contributed by atoms with Crippen LogP contribution in [0.3, 0.4) is 0 Å². The van der Waals surface area contributed by atoms with Crippen molar-refractivity contribution in [1.82, 2.24) is 0 Å². The number of benzene rings is 1. The molecule has 0 amide bonds. The summed E-state index contributed by atoms with van der Waals surface area (Å²) in [5, 5.41) is 9.52. The first-order valence-corrected chi connectivity index (χ1v) is 6.08. The van der Waals surface area contributed by atoms with Gasteiger partial charge in [-0.3, -0.25) is 4.79 Å². The summed E-state index contributed by atoms with van der Waals surface area (Å²) >= 11 is 7.88. The molecule has 0 saturated heterocycles. The standard InChI is InChI=1S/C11H9ClINO2/c1-2-16-10(15)5-7-3-4-9(12)11(13)8(7)6-14/h3-4H,2,5H2,1H3. The third-order valence-corrected chi connectivity index (χ3v) is 3.69. The topological polar surface area (TPSA) is 50.1 Å². The molecule has 0 saturated carbocycles. The quantitative estimate of drug-likeness (QED) is 0.623. The van der Waals surface area contributed by atoms with E-state index < -0.39 is 0 Å². The number of esters is 1. The molecule has 16 heavy (non-hydrogen) atoms. The molecular weight excluding hydrogens is 340 g/mol. The van der Waals surface area contributed by atoms with Gasteiger partial charge in [-0.1, -0.05) is 17.7 Å². The van der Waals surface area contributed by atoms with E-state index in [-0.39, 0.29) is 12.4 Å². The summed E-state index contributed by atoms with van der Waals surface area (Å²) < 4.78 is 5.50. The van der Waals surface area contributed by atoms with Gasteiger partial charge in [0.1, 0.15) is 6.07 Å². The van der Waals surface area contributed by atoms with E-state index in [0.29, 0.717) is 26.3 Å². The number of halogens is 2. The first-order valence-electron chi connectivity index (χ1n) is 4.62. The summed E-state index contributed by atoms with van der Waals surface area (Å²) in [6.07, 6.45) is 0.101.